The highest BCUT2D eigenvalue weighted by Crippen LogP contribution is 2.39. The van der Waals surface area contributed by atoms with Crippen molar-refractivity contribution in [2.24, 2.45) is 0 Å². The van der Waals surface area contributed by atoms with Gasteiger partial charge in [-0.2, -0.15) is 0 Å². The Morgan fingerprint density at radius 3 is 2.34 bits per heavy atom. The standard InChI is InChI=1S/C23H30O6/c1-4-28-18-9-6-15(7-10-18)11-16-12-17(8-5-14(16)2)23(3)22(27)21(26)20(25)19(13-24)29-23/h5-10,12,19-22,24-27H,4,11,13H2,1-3H3/t19?,20-,21+,22-,23+/m1/s1. The molecule has 1 fully saturated rings. The molecule has 0 radical (unpaired) electrons. The van der Waals surface area contributed by atoms with Crippen LogP contribution in [0.25, 0.3) is 0 Å². The van der Waals surface area contributed by atoms with Crippen LogP contribution in [0.15, 0.2) is 42.5 Å². The summed E-state index contributed by atoms with van der Waals surface area (Å²) in [5.41, 5.74) is 2.70. The molecule has 6 heteroatoms. The highest BCUT2D eigenvalue weighted by Gasteiger charge is 2.51. The molecule has 6 nitrogen and oxygen atoms in total. The highest BCUT2D eigenvalue weighted by atomic mass is 16.6. The molecule has 0 aliphatic carbocycles. The fourth-order valence-corrected chi connectivity index (χ4v) is 3.83. The van der Waals surface area contributed by atoms with Crippen LogP contribution in [-0.2, 0) is 16.8 Å². The van der Waals surface area contributed by atoms with Gasteiger partial charge in [0.15, 0.2) is 0 Å². The predicted molar refractivity (Wildman–Crippen MR) is 109 cm³/mol. The highest BCUT2D eigenvalue weighted by molar-refractivity contribution is 5.39. The monoisotopic (exact) mass is 402 g/mol. The summed E-state index contributed by atoms with van der Waals surface area (Å²) < 4.78 is 11.4. The molecule has 1 heterocycles. The first kappa shape index (κ1) is 21.7. The fourth-order valence-electron chi connectivity index (χ4n) is 3.83. The molecule has 0 amide bonds. The lowest BCUT2D eigenvalue weighted by Crippen LogP contribution is -2.62. The third-order valence-corrected chi connectivity index (χ3v) is 5.75. The van der Waals surface area contributed by atoms with E-state index in [0.717, 1.165) is 22.4 Å². The normalized spacial score (nSPS) is 29.6. The molecule has 3 rings (SSSR count). The zero-order chi connectivity index (χ0) is 21.2. The molecule has 0 spiro atoms. The van der Waals surface area contributed by atoms with E-state index in [1.165, 1.54) is 0 Å². The number of hydrogen-bond donors (Lipinski definition) is 4. The second-order valence-corrected chi connectivity index (χ2v) is 7.77. The molecule has 29 heavy (non-hydrogen) atoms. The largest absolute Gasteiger partial charge is 0.494 e. The first-order valence-electron chi connectivity index (χ1n) is 9.94. The number of aliphatic hydroxyl groups excluding tert-OH is 4. The molecule has 1 saturated heterocycles. The summed E-state index contributed by atoms with van der Waals surface area (Å²) in [6.07, 6.45) is -4.39. The maximum Gasteiger partial charge on any atom is 0.119 e. The molecule has 2 aromatic carbocycles. The summed E-state index contributed by atoms with van der Waals surface area (Å²) in [6, 6.07) is 13.7. The average molecular weight is 402 g/mol. The molecular formula is C23H30O6. The van der Waals surface area contributed by atoms with Crippen molar-refractivity contribution in [3.8, 4) is 5.75 Å². The molecule has 1 unspecified atom stereocenters. The van der Waals surface area contributed by atoms with E-state index < -0.39 is 36.6 Å². The predicted octanol–water partition coefficient (Wildman–Crippen LogP) is 1.67. The number of rotatable bonds is 6. The molecule has 2 aromatic rings. The van der Waals surface area contributed by atoms with Crippen molar-refractivity contribution >= 4 is 0 Å². The van der Waals surface area contributed by atoms with Crippen molar-refractivity contribution in [1.29, 1.82) is 0 Å². The Hall–Kier alpha value is -1.96. The van der Waals surface area contributed by atoms with Gasteiger partial charge in [-0.05, 0) is 61.6 Å². The third kappa shape index (κ3) is 4.32. The molecular weight excluding hydrogens is 372 g/mol. The van der Waals surface area contributed by atoms with Gasteiger partial charge in [-0.1, -0.05) is 30.3 Å². The van der Waals surface area contributed by atoms with E-state index in [1.807, 2.05) is 56.3 Å². The van der Waals surface area contributed by atoms with Gasteiger partial charge in [0.2, 0.25) is 0 Å². The maximum atomic E-state index is 10.6. The van der Waals surface area contributed by atoms with Gasteiger partial charge in [0.25, 0.3) is 0 Å². The zero-order valence-electron chi connectivity index (χ0n) is 17.1. The van der Waals surface area contributed by atoms with Gasteiger partial charge in [-0.3, -0.25) is 0 Å². The van der Waals surface area contributed by atoms with E-state index in [1.54, 1.807) is 6.92 Å². The molecule has 158 valence electrons. The van der Waals surface area contributed by atoms with Gasteiger partial charge in [0, 0.05) is 0 Å². The second-order valence-electron chi connectivity index (χ2n) is 7.77. The van der Waals surface area contributed by atoms with E-state index in [-0.39, 0.29) is 0 Å². The Morgan fingerprint density at radius 2 is 1.72 bits per heavy atom. The van der Waals surface area contributed by atoms with Gasteiger partial charge in [0.1, 0.15) is 35.8 Å². The van der Waals surface area contributed by atoms with Crippen LogP contribution < -0.4 is 4.74 Å². The van der Waals surface area contributed by atoms with E-state index >= 15 is 0 Å². The van der Waals surface area contributed by atoms with Crippen molar-refractivity contribution < 1.29 is 29.9 Å². The van der Waals surface area contributed by atoms with Gasteiger partial charge >= 0.3 is 0 Å². The Bertz CT molecular complexity index is 819. The number of benzene rings is 2. The van der Waals surface area contributed by atoms with Crippen LogP contribution in [0.2, 0.25) is 0 Å². The summed E-state index contributed by atoms with van der Waals surface area (Å²) >= 11 is 0. The van der Waals surface area contributed by atoms with Crippen molar-refractivity contribution in [3.05, 3.63) is 64.7 Å². The van der Waals surface area contributed by atoms with Crippen LogP contribution in [0.5, 0.6) is 5.75 Å². The van der Waals surface area contributed by atoms with Crippen molar-refractivity contribution in [1.82, 2.24) is 0 Å². The van der Waals surface area contributed by atoms with Gasteiger partial charge in [-0.25, -0.2) is 0 Å². The quantitative estimate of drug-likeness (QED) is 0.587. The summed E-state index contributed by atoms with van der Waals surface area (Å²) in [6.45, 7) is 5.80. The fraction of sp³-hybridized carbons (Fsp3) is 0.478. The number of ether oxygens (including phenoxy) is 2. The van der Waals surface area contributed by atoms with Gasteiger partial charge in [-0.15, -0.1) is 0 Å². The van der Waals surface area contributed by atoms with E-state index in [4.69, 9.17) is 9.47 Å². The van der Waals surface area contributed by atoms with Crippen LogP contribution in [0, 0.1) is 6.92 Å². The molecule has 0 saturated carbocycles. The minimum atomic E-state index is -1.42. The third-order valence-electron chi connectivity index (χ3n) is 5.75. The van der Waals surface area contributed by atoms with E-state index in [9.17, 15) is 20.4 Å². The number of aryl methyl sites for hydroxylation is 1. The van der Waals surface area contributed by atoms with E-state index in [2.05, 4.69) is 0 Å². The van der Waals surface area contributed by atoms with Crippen LogP contribution in [0.1, 0.15) is 36.1 Å². The molecule has 0 aromatic heterocycles. The Balaban J connectivity index is 1.89. The molecule has 4 N–H and O–H groups in total. The van der Waals surface area contributed by atoms with Crippen molar-refractivity contribution in [2.75, 3.05) is 13.2 Å². The summed E-state index contributed by atoms with van der Waals surface area (Å²) in [5, 5.41) is 40.5. The van der Waals surface area contributed by atoms with Crippen LogP contribution in [0.3, 0.4) is 0 Å². The SMILES string of the molecule is CCOc1ccc(Cc2cc([C@]3(C)OC(CO)[C@@H](O)[C@H](O)[C@H]3O)ccc2C)cc1. The number of aliphatic hydroxyl groups is 4. The summed E-state index contributed by atoms with van der Waals surface area (Å²) in [4.78, 5) is 0. The minimum absolute atomic E-state index is 0.453. The first-order chi connectivity index (χ1) is 13.8. The van der Waals surface area contributed by atoms with E-state index in [0.29, 0.717) is 18.6 Å². The van der Waals surface area contributed by atoms with Crippen LogP contribution in [0.4, 0.5) is 0 Å². The second kappa shape index (κ2) is 8.81. The van der Waals surface area contributed by atoms with Gasteiger partial charge in [0.05, 0.1) is 13.2 Å². The van der Waals surface area contributed by atoms with Crippen molar-refractivity contribution in [3.63, 3.8) is 0 Å². The summed E-state index contributed by atoms with van der Waals surface area (Å²) in [5.74, 6) is 0.829. The molecule has 5 atom stereocenters. The van der Waals surface area contributed by atoms with Crippen LogP contribution in [-0.4, -0.2) is 58.1 Å². The smallest absolute Gasteiger partial charge is 0.119 e. The lowest BCUT2D eigenvalue weighted by Gasteiger charge is -2.47. The lowest BCUT2D eigenvalue weighted by molar-refractivity contribution is -0.273. The lowest BCUT2D eigenvalue weighted by atomic mass is 9.80. The average Bonchev–Trinajstić information content (AvgIpc) is 2.72. The van der Waals surface area contributed by atoms with Crippen molar-refractivity contribution in [2.45, 2.75) is 57.2 Å². The first-order valence-corrected chi connectivity index (χ1v) is 9.94. The molecule has 1 aliphatic rings. The van der Waals surface area contributed by atoms with Gasteiger partial charge < -0.3 is 29.9 Å². The minimum Gasteiger partial charge on any atom is -0.494 e. The van der Waals surface area contributed by atoms with Crippen LogP contribution >= 0.6 is 0 Å². The topological polar surface area (TPSA) is 99.4 Å². The Labute approximate surface area is 171 Å². The molecule has 1 aliphatic heterocycles. The Morgan fingerprint density at radius 1 is 1.03 bits per heavy atom. The number of hydrogen-bond acceptors (Lipinski definition) is 6. The zero-order valence-corrected chi connectivity index (χ0v) is 17.1. The maximum absolute atomic E-state index is 10.6. The Kier molecular flexibility index (Phi) is 6.61. The molecule has 0 bridgehead atoms. The summed E-state index contributed by atoms with van der Waals surface area (Å²) in [7, 11) is 0.